The number of nitriles is 1. The fraction of sp³-hybridized carbons (Fsp3) is 0.143. The fourth-order valence-corrected chi connectivity index (χ4v) is 2.17. The molecule has 2 N–H and O–H groups in total. The molecule has 3 aromatic rings. The first-order chi connectivity index (χ1) is 9.69. The smallest absolute Gasteiger partial charge is 0.226 e. The van der Waals surface area contributed by atoms with Gasteiger partial charge in [-0.25, -0.2) is 9.61 Å². The van der Waals surface area contributed by atoms with E-state index in [4.69, 9.17) is 11.0 Å². The molecule has 0 unspecified atom stereocenters. The molecule has 2 aromatic heterocycles. The summed E-state index contributed by atoms with van der Waals surface area (Å²) in [7, 11) is 0. The number of anilines is 1. The molecule has 0 aliphatic carbocycles. The van der Waals surface area contributed by atoms with Crippen LogP contribution in [0.4, 0.5) is 5.69 Å². The molecular formula is C14H11N5O. The second-order valence-electron chi connectivity index (χ2n) is 4.51. The van der Waals surface area contributed by atoms with E-state index in [1.54, 1.807) is 6.07 Å². The molecule has 0 saturated carbocycles. The Morgan fingerprint density at radius 3 is 3.00 bits per heavy atom. The number of nitrogens with two attached hydrogens (primary N) is 1. The van der Waals surface area contributed by atoms with Crippen LogP contribution >= 0.6 is 0 Å². The molecule has 20 heavy (non-hydrogen) atoms. The predicted octanol–water partition coefficient (Wildman–Crippen LogP) is 1.97. The summed E-state index contributed by atoms with van der Waals surface area (Å²) in [5, 5.41) is 16.4. The van der Waals surface area contributed by atoms with Gasteiger partial charge in [0.05, 0.1) is 17.3 Å². The van der Waals surface area contributed by atoms with Crippen molar-refractivity contribution in [3.63, 3.8) is 0 Å². The largest absolute Gasteiger partial charge is 0.396 e. The first kappa shape index (κ1) is 12.1. The summed E-state index contributed by atoms with van der Waals surface area (Å²) in [4.78, 5) is 4.32. The normalized spacial score (nSPS) is 10.6. The summed E-state index contributed by atoms with van der Waals surface area (Å²) in [5.41, 5.74) is 10.8. The average Bonchev–Trinajstić information content (AvgIpc) is 2.92. The highest BCUT2D eigenvalue weighted by atomic mass is 16.6. The third-order valence-corrected chi connectivity index (χ3v) is 3.20. The van der Waals surface area contributed by atoms with E-state index in [0.29, 0.717) is 28.8 Å². The van der Waals surface area contributed by atoms with Crippen molar-refractivity contribution >= 4 is 16.9 Å². The molecule has 3 rings (SSSR count). The van der Waals surface area contributed by atoms with Crippen LogP contribution in [-0.2, 0) is 6.42 Å². The number of hydrogen-bond donors (Lipinski definition) is 1. The number of pyridine rings is 1. The van der Waals surface area contributed by atoms with Crippen molar-refractivity contribution < 1.29 is 4.63 Å². The number of hydrogen-bond acceptors (Lipinski definition) is 6. The van der Waals surface area contributed by atoms with Crippen LogP contribution < -0.4 is 5.73 Å². The van der Waals surface area contributed by atoms with Gasteiger partial charge in [-0.3, -0.25) is 0 Å². The summed E-state index contributed by atoms with van der Waals surface area (Å²) in [6, 6.07) is 9.53. The topological polar surface area (TPSA) is 102 Å². The minimum Gasteiger partial charge on any atom is -0.396 e. The Morgan fingerprint density at radius 1 is 1.35 bits per heavy atom. The van der Waals surface area contributed by atoms with Crippen molar-refractivity contribution in [1.82, 2.24) is 15.3 Å². The Hall–Kier alpha value is -2.94. The van der Waals surface area contributed by atoms with Crippen molar-refractivity contribution in [2.75, 3.05) is 5.73 Å². The van der Waals surface area contributed by atoms with E-state index in [1.165, 1.54) is 0 Å². The monoisotopic (exact) mass is 265 g/mol. The first-order valence-electron chi connectivity index (χ1n) is 6.05. The maximum Gasteiger partial charge on any atom is 0.226 e. The summed E-state index contributed by atoms with van der Waals surface area (Å²) < 4.78 is 4.66. The number of aromatic nitrogens is 3. The van der Waals surface area contributed by atoms with Crippen LogP contribution in [0.1, 0.15) is 22.4 Å². The first-order valence-corrected chi connectivity index (χ1v) is 6.05. The molecule has 6 nitrogen and oxygen atoms in total. The van der Waals surface area contributed by atoms with Crippen LogP contribution in [0.5, 0.6) is 0 Å². The Bertz CT molecular complexity index is 831. The zero-order valence-electron chi connectivity index (χ0n) is 10.8. The quantitative estimate of drug-likeness (QED) is 0.760. The lowest BCUT2D eigenvalue weighted by Crippen LogP contribution is -2.02. The zero-order chi connectivity index (χ0) is 14.1. The third kappa shape index (κ3) is 1.95. The summed E-state index contributed by atoms with van der Waals surface area (Å²) in [5.74, 6) is 0. The van der Waals surface area contributed by atoms with Crippen molar-refractivity contribution in [3.8, 4) is 6.07 Å². The molecular weight excluding hydrogens is 254 g/mol. The Balaban J connectivity index is 2.08. The van der Waals surface area contributed by atoms with Crippen LogP contribution in [0.2, 0.25) is 0 Å². The molecule has 0 radical (unpaired) electrons. The Morgan fingerprint density at radius 2 is 2.20 bits per heavy atom. The molecule has 0 saturated heterocycles. The molecule has 98 valence electrons. The molecule has 0 aliphatic heterocycles. The van der Waals surface area contributed by atoms with Gasteiger partial charge < -0.3 is 5.73 Å². The molecule has 6 heteroatoms. The highest BCUT2D eigenvalue weighted by Crippen LogP contribution is 2.25. The van der Waals surface area contributed by atoms with Crippen molar-refractivity contribution in [2.24, 2.45) is 0 Å². The Kier molecular flexibility index (Phi) is 2.80. The fourth-order valence-electron chi connectivity index (χ4n) is 2.17. The number of aryl methyl sites for hydroxylation is 1. The minimum absolute atomic E-state index is 0.412. The summed E-state index contributed by atoms with van der Waals surface area (Å²) >= 11 is 0. The van der Waals surface area contributed by atoms with Crippen molar-refractivity contribution in [2.45, 2.75) is 13.3 Å². The van der Waals surface area contributed by atoms with Gasteiger partial charge in [-0.1, -0.05) is 12.1 Å². The van der Waals surface area contributed by atoms with E-state index in [0.717, 1.165) is 16.8 Å². The van der Waals surface area contributed by atoms with Crippen molar-refractivity contribution in [1.29, 1.82) is 5.26 Å². The molecule has 0 aliphatic rings. The van der Waals surface area contributed by atoms with E-state index in [9.17, 15) is 0 Å². The minimum atomic E-state index is 0.412. The van der Waals surface area contributed by atoms with Gasteiger partial charge in [0.1, 0.15) is 0 Å². The lowest BCUT2D eigenvalue weighted by molar-refractivity contribution is 0.315. The van der Waals surface area contributed by atoms with Gasteiger partial charge >= 0.3 is 0 Å². The van der Waals surface area contributed by atoms with Gasteiger partial charge in [0.15, 0.2) is 5.52 Å². The van der Waals surface area contributed by atoms with E-state index < -0.39 is 0 Å². The SMILES string of the molecule is Cc1nc2nonc2c(N)c1Cc1cccc(C#N)c1. The zero-order valence-corrected chi connectivity index (χ0v) is 10.8. The molecule has 0 fully saturated rings. The highest BCUT2D eigenvalue weighted by molar-refractivity contribution is 5.85. The van der Waals surface area contributed by atoms with Crippen LogP contribution in [0.25, 0.3) is 11.2 Å². The second kappa shape index (κ2) is 4.63. The number of benzene rings is 1. The van der Waals surface area contributed by atoms with Gasteiger partial charge in [-0.15, -0.1) is 0 Å². The van der Waals surface area contributed by atoms with E-state index in [2.05, 4.69) is 26.0 Å². The number of nitrogens with zero attached hydrogens (tertiary/aromatic N) is 4. The predicted molar refractivity (Wildman–Crippen MR) is 72.7 cm³/mol. The number of rotatable bonds is 2. The summed E-state index contributed by atoms with van der Waals surface area (Å²) in [6.07, 6.45) is 0.586. The third-order valence-electron chi connectivity index (χ3n) is 3.20. The van der Waals surface area contributed by atoms with Gasteiger partial charge in [-0.05, 0) is 34.9 Å². The van der Waals surface area contributed by atoms with Crippen LogP contribution in [0, 0.1) is 18.3 Å². The average molecular weight is 265 g/mol. The van der Waals surface area contributed by atoms with Gasteiger partial charge in [0.25, 0.3) is 0 Å². The molecule has 0 bridgehead atoms. The van der Waals surface area contributed by atoms with Crippen LogP contribution in [0.3, 0.4) is 0 Å². The maximum absolute atomic E-state index is 8.93. The van der Waals surface area contributed by atoms with E-state index in [1.807, 2.05) is 25.1 Å². The van der Waals surface area contributed by atoms with Crippen LogP contribution in [0.15, 0.2) is 28.9 Å². The molecule has 2 heterocycles. The number of fused-ring (bicyclic) bond motifs is 1. The summed E-state index contributed by atoms with van der Waals surface area (Å²) in [6.45, 7) is 1.87. The van der Waals surface area contributed by atoms with E-state index >= 15 is 0 Å². The lowest BCUT2D eigenvalue weighted by atomic mass is 10.0. The molecule has 0 spiro atoms. The number of nitrogen functional groups attached to an aromatic ring is 1. The van der Waals surface area contributed by atoms with Gasteiger partial charge in [0, 0.05) is 17.7 Å². The van der Waals surface area contributed by atoms with Crippen molar-refractivity contribution in [3.05, 3.63) is 46.6 Å². The highest BCUT2D eigenvalue weighted by Gasteiger charge is 2.14. The van der Waals surface area contributed by atoms with Crippen LogP contribution in [-0.4, -0.2) is 15.3 Å². The molecule has 1 aromatic carbocycles. The second-order valence-corrected chi connectivity index (χ2v) is 4.51. The van der Waals surface area contributed by atoms with Gasteiger partial charge in [0.2, 0.25) is 5.65 Å². The lowest BCUT2D eigenvalue weighted by Gasteiger charge is -2.08. The van der Waals surface area contributed by atoms with E-state index in [-0.39, 0.29) is 0 Å². The molecule has 0 amide bonds. The molecule has 0 atom stereocenters. The van der Waals surface area contributed by atoms with Gasteiger partial charge in [-0.2, -0.15) is 5.26 Å². The maximum atomic E-state index is 8.93. The standard InChI is InChI=1S/C14H11N5O/c1-8-11(6-9-3-2-4-10(5-9)7-15)12(16)13-14(17-8)19-20-18-13/h2-5H,6,16H2,1H3. The Labute approximate surface area is 114 Å².